The van der Waals surface area contributed by atoms with Crippen LogP contribution in [-0.4, -0.2) is 37.4 Å². The van der Waals surface area contributed by atoms with Crippen molar-refractivity contribution in [3.8, 4) is 0 Å². The summed E-state index contributed by atoms with van der Waals surface area (Å²) in [7, 11) is 0. The molecule has 1 aliphatic heterocycles. The highest BCUT2D eigenvalue weighted by Crippen LogP contribution is 2.09. The molecule has 0 radical (unpaired) electrons. The lowest BCUT2D eigenvalue weighted by Crippen LogP contribution is -3.13. The SMILES string of the molecule is Cc1ccc(C[NH+]2CCN(/N=C\c3cccs3)CC2)c(C)c1. The second-order valence-electron chi connectivity index (χ2n) is 6.07. The van der Waals surface area contributed by atoms with Gasteiger partial charge in [0, 0.05) is 10.4 Å². The van der Waals surface area contributed by atoms with E-state index in [1.165, 1.54) is 21.6 Å². The molecule has 22 heavy (non-hydrogen) atoms. The first-order valence-electron chi connectivity index (χ1n) is 7.93. The minimum Gasteiger partial charge on any atom is -0.328 e. The van der Waals surface area contributed by atoms with Crippen molar-refractivity contribution in [1.82, 2.24) is 5.01 Å². The van der Waals surface area contributed by atoms with Crippen molar-refractivity contribution in [3.63, 3.8) is 0 Å². The van der Waals surface area contributed by atoms with E-state index in [4.69, 9.17) is 0 Å². The molecule has 4 heteroatoms. The number of aryl methyl sites for hydroxylation is 2. The van der Waals surface area contributed by atoms with Gasteiger partial charge in [-0.1, -0.05) is 29.8 Å². The van der Waals surface area contributed by atoms with Gasteiger partial charge in [-0.2, -0.15) is 5.10 Å². The van der Waals surface area contributed by atoms with Crippen LogP contribution in [0, 0.1) is 13.8 Å². The molecule has 0 atom stereocenters. The van der Waals surface area contributed by atoms with Crippen molar-refractivity contribution in [2.45, 2.75) is 20.4 Å². The molecule has 3 rings (SSSR count). The van der Waals surface area contributed by atoms with Gasteiger partial charge >= 0.3 is 0 Å². The lowest BCUT2D eigenvalue weighted by Gasteiger charge is -2.30. The molecule has 0 amide bonds. The fourth-order valence-corrected chi connectivity index (χ4v) is 3.50. The summed E-state index contributed by atoms with van der Waals surface area (Å²) in [6.07, 6.45) is 1.99. The summed E-state index contributed by atoms with van der Waals surface area (Å²) < 4.78 is 0. The van der Waals surface area contributed by atoms with Gasteiger partial charge in [-0.05, 0) is 30.9 Å². The summed E-state index contributed by atoms with van der Waals surface area (Å²) in [5.74, 6) is 0. The number of rotatable bonds is 4. The molecule has 0 spiro atoms. The van der Waals surface area contributed by atoms with Crippen molar-refractivity contribution in [1.29, 1.82) is 0 Å². The Labute approximate surface area is 136 Å². The molecule has 116 valence electrons. The van der Waals surface area contributed by atoms with Crippen LogP contribution < -0.4 is 4.90 Å². The molecule has 3 nitrogen and oxygen atoms in total. The number of benzene rings is 1. The minimum absolute atomic E-state index is 1.04. The van der Waals surface area contributed by atoms with Gasteiger partial charge in [0.15, 0.2) is 0 Å². The number of hydrogen-bond acceptors (Lipinski definition) is 3. The summed E-state index contributed by atoms with van der Waals surface area (Å²) in [5, 5.41) is 8.89. The Bertz CT molecular complexity index is 626. The molecule has 0 saturated carbocycles. The molecular formula is C18H24N3S+. The number of nitrogens with one attached hydrogen (secondary N) is 1. The van der Waals surface area contributed by atoms with Crippen LogP contribution in [-0.2, 0) is 6.54 Å². The van der Waals surface area contributed by atoms with Crippen LogP contribution in [0.5, 0.6) is 0 Å². The average molecular weight is 314 g/mol. The molecule has 1 aromatic carbocycles. The summed E-state index contributed by atoms with van der Waals surface area (Å²) in [5.41, 5.74) is 4.26. The zero-order chi connectivity index (χ0) is 15.4. The van der Waals surface area contributed by atoms with Crippen LogP contribution in [0.2, 0.25) is 0 Å². The van der Waals surface area contributed by atoms with E-state index in [1.807, 2.05) is 6.21 Å². The van der Waals surface area contributed by atoms with Gasteiger partial charge < -0.3 is 4.90 Å². The zero-order valence-corrected chi connectivity index (χ0v) is 14.2. The molecule has 0 bridgehead atoms. The van der Waals surface area contributed by atoms with Crippen LogP contribution in [0.1, 0.15) is 21.6 Å². The fourth-order valence-electron chi connectivity index (χ4n) is 2.92. The van der Waals surface area contributed by atoms with E-state index in [-0.39, 0.29) is 0 Å². The summed E-state index contributed by atoms with van der Waals surface area (Å²) >= 11 is 1.74. The number of thiophene rings is 1. The van der Waals surface area contributed by atoms with Crippen LogP contribution in [0.15, 0.2) is 40.8 Å². The predicted octanol–water partition coefficient (Wildman–Crippen LogP) is 2.10. The van der Waals surface area contributed by atoms with Crippen molar-refractivity contribution in [2.24, 2.45) is 5.10 Å². The highest BCUT2D eigenvalue weighted by Gasteiger charge is 2.19. The maximum atomic E-state index is 4.60. The van der Waals surface area contributed by atoms with Crippen LogP contribution in [0.25, 0.3) is 0 Å². The van der Waals surface area contributed by atoms with Gasteiger partial charge in [0.25, 0.3) is 0 Å². The van der Waals surface area contributed by atoms with E-state index in [0.29, 0.717) is 0 Å². The van der Waals surface area contributed by atoms with Gasteiger partial charge in [0.2, 0.25) is 0 Å². The van der Waals surface area contributed by atoms with E-state index in [0.717, 1.165) is 32.7 Å². The normalized spacial score (nSPS) is 16.5. The van der Waals surface area contributed by atoms with Crippen molar-refractivity contribution in [3.05, 3.63) is 57.3 Å². The van der Waals surface area contributed by atoms with Gasteiger partial charge in [-0.3, -0.25) is 5.01 Å². The molecule has 1 aliphatic rings. The second-order valence-corrected chi connectivity index (χ2v) is 7.05. The quantitative estimate of drug-likeness (QED) is 0.857. The molecular weight excluding hydrogens is 290 g/mol. The Hall–Kier alpha value is -1.65. The Kier molecular flexibility index (Phi) is 4.90. The third-order valence-electron chi connectivity index (χ3n) is 4.28. The molecule has 1 saturated heterocycles. The summed E-state index contributed by atoms with van der Waals surface area (Å²) in [4.78, 5) is 2.89. The number of hydrazone groups is 1. The number of nitrogens with zero attached hydrogens (tertiary/aromatic N) is 2. The smallest absolute Gasteiger partial charge is 0.103 e. The van der Waals surface area contributed by atoms with Gasteiger partial charge in [0.1, 0.15) is 6.54 Å². The van der Waals surface area contributed by atoms with Crippen molar-refractivity contribution < 1.29 is 4.90 Å². The first-order chi connectivity index (χ1) is 10.7. The topological polar surface area (TPSA) is 20.0 Å². The summed E-state index contributed by atoms with van der Waals surface area (Å²) in [6, 6.07) is 11.0. The van der Waals surface area contributed by atoms with E-state index in [2.05, 4.69) is 59.7 Å². The highest BCUT2D eigenvalue weighted by atomic mass is 32.1. The number of hydrogen-bond donors (Lipinski definition) is 1. The van der Waals surface area contributed by atoms with Gasteiger partial charge in [-0.25, -0.2) is 0 Å². The largest absolute Gasteiger partial charge is 0.328 e. The maximum absolute atomic E-state index is 4.60. The van der Waals surface area contributed by atoms with Crippen molar-refractivity contribution in [2.75, 3.05) is 26.2 Å². The Morgan fingerprint density at radius 1 is 1.23 bits per heavy atom. The molecule has 1 fully saturated rings. The summed E-state index contributed by atoms with van der Waals surface area (Å²) in [6.45, 7) is 9.93. The van der Waals surface area contributed by atoms with E-state index >= 15 is 0 Å². The molecule has 0 unspecified atom stereocenters. The van der Waals surface area contributed by atoms with Gasteiger partial charge in [-0.15, -0.1) is 11.3 Å². The van der Waals surface area contributed by atoms with Crippen LogP contribution in [0.4, 0.5) is 0 Å². The molecule has 1 aromatic heterocycles. The predicted molar refractivity (Wildman–Crippen MR) is 93.8 cm³/mol. The standard InChI is InChI=1S/C18H23N3S/c1-15-5-6-17(16(2)12-15)14-20-7-9-21(10-8-20)19-13-18-4-3-11-22-18/h3-6,11-13H,7-10,14H2,1-2H3/p+1/b19-13-. The first-order valence-corrected chi connectivity index (χ1v) is 8.81. The maximum Gasteiger partial charge on any atom is 0.103 e. The molecule has 1 N–H and O–H groups in total. The first kappa shape index (κ1) is 15.3. The van der Waals surface area contributed by atoms with Crippen molar-refractivity contribution >= 4 is 17.6 Å². The molecule has 0 aliphatic carbocycles. The lowest BCUT2D eigenvalue weighted by molar-refractivity contribution is -0.918. The van der Waals surface area contributed by atoms with E-state index in [9.17, 15) is 0 Å². The Balaban J connectivity index is 1.51. The molecule has 2 aromatic rings. The molecule has 2 heterocycles. The third-order valence-corrected chi connectivity index (χ3v) is 5.08. The number of quaternary nitrogens is 1. The third kappa shape index (κ3) is 3.96. The highest BCUT2D eigenvalue weighted by molar-refractivity contribution is 7.11. The van der Waals surface area contributed by atoms with Crippen LogP contribution in [0.3, 0.4) is 0 Å². The Morgan fingerprint density at radius 3 is 2.73 bits per heavy atom. The van der Waals surface area contributed by atoms with Gasteiger partial charge in [0.05, 0.1) is 32.4 Å². The number of piperazine rings is 1. The minimum atomic E-state index is 1.04. The lowest BCUT2D eigenvalue weighted by atomic mass is 10.1. The average Bonchev–Trinajstić information content (AvgIpc) is 3.03. The monoisotopic (exact) mass is 314 g/mol. The second kappa shape index (κ2) is 7.07. The zero-order valence-electron chi connectivity index (χ0n) is 13.4. The van der Waals surface area contributed by atoms with Crippen LogP contribution >= 0.6 is 11.3 Å². The fraction of sp³-hybridized carbons (Fsp3) is 0.389. The van der Waals surface area contributed by atoms with E-state index < -0.39 is 0 Å². The van der Waals surface area contributed by atoms with E-state index in [1.54, 1.807) is 16.2 Å². The Morgan fingerprint density at radius 2 is 2.05 bits per heavy atom.